The Labute approximate surface area is 115 Å². The van der Waals surface area contributed by atoms with Gasteiger partial charge in [-0.1, -0.05) is 6.92 Å². The van der Waals surface area contributed by atoms with E-state index in [0.29, 0.717) is 26.3 Å². The first-order valence-corrected chi connectivity index (χ1v) is 6.58. The van der Waals surface area contributed by atoms with Crippen LogP contribution in [-0.4, -0.2) is 62.3 Å². The SMILES string of the molecule is CCNC(C)(C)C(=O)N(CCOC)CC(=O)OCC. The van der Waals surface area contributed by atoms with Crippen LogP contribution >= 0.6 is 0 Å². The summed E-state index contributed by atoms with van der Waals surface area (Å²) in [7, 11) is 1.56. The van der Waals surface area contributed by atoms with Crippen LogP contribution in [0.2, 0.25) is 0 Å². The Morgan fingerprint density at radius 3 is 2.37 bits per heavy atom. The van der Waals surface area contributed by atoms with Gasteiger partial charge in [-0.15, -0.1) is 0 Å². The Morgan fingerprint density at radius 1 is 1.26 bits per heavy atom. The van der Waals surface area contributed by atoms with Crippen LogP contribution < -0.4 is 5.32 Å². The van der Waals surface area contributed by atoms with E-state index in [1.54, 1.807) is 27.9 Å². The van der Waals surface area contributed by atoms with Gasteiger partial charge in [0.1, 0.15) is 6.54 Å². The molecule has 0 aromatic carbocycles. The normalized spacial score (nSPS) is 11.2. The zero-order valence-electron chi connectivity index (χ0n) is 12.6. The molecule has 0 aliphatic heterocycles. The van der Waals surface area contributed by atoms with Crippen molar-refractivity contribution in [1.29, 1.82) is 0 Å². The van der Waals surface area contributed by atoms with Crippen molar-refractivity contribution in [2.45, 2.75) is 33.2 Å². The van der Waals surface area contributed by atoms with E-state index in [2.05, 4.69) is 5.32 Å². The van der Waals surface area contributed by atoms with E-state index < -0.39 is 11.5 Å². The molecule has 1 amide bonds. The lowest BCUT2D eigenvalue weighted by Crippen LogP contribution is -2.55. The molecule has 0 fully saturated rings. The number of rotatable bonds is 9. The second-order valence-corrected chi connectivity index (χ2v) is 4.68. The Hall–Kier alpha value is -1.14. The number of methoxy groups -OCH3 is 1. The molecule has 0 aromatic rings. The number of hydrogen-bond acceptors (Lipinski definition) is 5. The number of nitrogens with zero attached hydrogens (tertiary/aromatic N) is 1. The summed E-state index contributed by atoms with van der Waals surface area (Å²) in [6.07, 6.45) is 0. The number of carbonyl (C=O) groups excluding carboxylic acids is 2. The summed E-state index contributed by atoms with van der Waals surface area (Å²) >= 11 is 0. The van der Waals surface area contributed by atoms with Crippen molar-refractivity contribution in [3.63, 3.8) is 0 Å². The fourth-order valence-corrected chi connectivity index (χ4v) is 1.73. The first kappa shape index (κ1) is 17.9. The van der Waals surface area contributed by atoms with Gasteiger partial charge in [0.25, 0.3) is 0 Å². The fraction of sp³-hybridized carbons (Fsp3) is 0.846. The van der Waals surface area contributed by atoms with Crippen molar-refractivity contribution in [3.05, 3.63) is 0 Å². The van der Waals surface area contributed by atoms with E-state index >= 15 is 0 Å². The van der Waals surface area contributed by atoms with Gasteiger partial charge < -0.3 is 19.7 Å². The third kappa shape index (κ3) is 6.54. The molecule has 0 unspecified atom stereocenters. The predicted molar refractivity (Wildman–Crippen MR) is 72.8 cm³/mol. The van der Waals surface area contributed by atoms with Gasteiger partial charge in [0.2, 0.25) is 5.91 Å². The van der Waals surface area contributed by atoms with Gasteiger partial charge in [-0.05, 0) is 27.3 Å². The van der Waals surface area contributed by atoms with Gasteiger partial charge >= 0.3 is 5.97 Å². The van der Waals surface area contributed by atoms with Crippen LogP contribution in [0.3, 0.4) is 0 Å². The van der Waals surface area contributed by atoms with Crippen molar-refractivity contribution in [2.75, 3.05) is 40.0 Å². The lowest BCUT2D eigenvalue weighted by Gasteiger charge is -2.31. The maximum absolute atomic E-state index is 12.4. The molecule has 0 atom stereocenters. The van der Waals surface area contributed by atoms with E-state index in [4.69, 9.17) is 9.47 Å². The average Bonchev–Trinajstić information content (AvgIpc) is 2.33. The highest BCUT2D eigenvalue weighted by Gasteiger charge is 2.32. The number of likely N-dealkylation sites (N-methyl/N-ethyl adjacent to an activating group) is 1. The quantitative estimate of drug-likeness (QED) is 0.617. The summed E-state index contributed by atoms with van der Waals surface area (Å²) in [4.78, 5) is 25.4. The van der Waals surface area contributed by atoms with Crippen LogP contribution in [0.15, 0.2) is 0 Å². The molecule has 6 heteroatoms. The Kier molecular flexibility index (Phi) is 8.34. The third-order valence-corrected chi connectivity index (χ3v) is 2.63. The summed E-state index contributed by atoms with van der Waals surface area (Å²) in [6, 6.07) is 0. The van der Waals surface area contributed by atoms with Gasteiger partial charge in [0.15, 0.2) is 0 Å². The fourth-order valence-electron chi connectivity index (χ4n) is 1.73. The molecule has 0 bridgehead atoms. The van der Waals surface area contributed by atoms with Crippen LogP contribution in [-0.2, 0) is 19.1 Å². The zero-order chi connectivity index (χ0) is 14.9. The molecule has 0 radical (unpaired) electrons. The van der Waals surface area contributed by atoms with Crippen molar-refractivity contribution >= 4 is 11.9 Å². The number of esters is 1. The smallest absolute Gasteiger partial charge is 0.325 e. The van der Waals surface area contributed by atoms with Gasteiger partial charge in [-0.25, -0.2) is 0 Å². The second kappa shape index (κ2) is 8.87. The van der Waals surface area contributed by atoms with Gasteiger partial charge in [0, 0.05) is 13.7 Å². The standard InChI is InChI=1S/C13H26N2O4/c1-6-14-13(3,4)12(17)15(8-9-18-5)10-11(16)19-7-2/h14H,6-10H2,1-5H3. The van der Waals surface area contributed by atoms with Gasteiger partial charge in [-0.3, -0.25) is 9.59 Å². The monoisotopic (exact) mass is 274 g/mol. The van der Waals surface area contributed by atoms with Crippen molar-refractivity contribution in [2.24, 2.45) is 0 Å². The summed E-state index contributed by atoms with van der Waals surface area (Å²) in [5.74, 6) is -0.543. The van der Waals surface area contributed by atoms with E-state index in [1.165, 1.54) is 4.90 Å². The molecule has 0 spiro atoms. The maximum atomic E-state index is 12.4. The van der Waals surface area contributed by atoms with E-state index in [-0.39, 0.29) is 12.5 Å². The maximum Gasteiger partial charge on any atom is 0.325 e. The Balaban J connectivity index is 4.72. The van der Waals surface area contributed by atoms with E-state index in [1.807, 2.05) is 6.92 Å². The molecule has 0 saturated heterocycles. The van der Waals surface area contributed by atoms with Crippen LogP contribution in [0.1, 0.15) is 27.7 Å². The number of ether oxygens (including phenoxy) is 2. The summed E-state index contributed by atoms with van der Waals surface area (Å²) in [5.41, 5.74) is -0.713. The summed E-state index contributed by atoms with van der Waals surface area (Å²) < 4.78 is 9.85. The molecule has 0 rings (SSSR count). The molecule has 19 heavy (non-hydrogen) atoms. The van der Waals surface area contributed by atoms with Gasteiger partial charge in [-0.2, -0.15) is 0 Å². The highest BCUT2D eigenvalue weighted by molar-refractivity contribution is 5.88. The molecule has 0 aliphatic carbocycles. The lowest BCUT2D eigenvalue weighted by atomic mass is 10.0. The van der Waals surface area contributed by atoms with Gasteiger partial charge in [0.05, 0.1) is 18.8 Å². The number of hydrogen-bond donors (Lipinski definition) is 1. The largest absolute Gasteiger partial charge is 0.465 e. The molecular formula is C13H26N2O4. The van der Waals surface area contributed by atoms with E-state index in [9.17, 15) is 9.59 Å². The molecule has 0 saturated carbocycles. The van der Waals surface area contributed by atoms with Crippen LogP contribution in [0.4, 0.5) is 0 Å². The predicted octanol–water partition coefficient (Wildman–Crippen LogP) is 0.413. The molecule has 6 nitrogen and oxygen atoms in total. The second-order valence-electron chi connectivity index (χ2n) is 4.68. The minimum Gasteiger partial charge on any atom is -0.465 e. The third-order valence-electron chi connectivity index (χ3n) is 2.63. The first-order chi connectivity index (χ1) is 8.88. The average molecular weight is 274 g/mol. The molecule has 0 heterocycles. The van der Waals surface area contributed by atoms with Crippen molar-refractivity contribution < 1.29 is 19.1 Å². The molecular weight excluding hydrogens is 248 g/mol. The minimum absolute atomic E-state index is 0.0507. The molecule has 0 aliphatic rings. The first-order valence-electron chi connectivity index (χ1n) is 6.58. The highest BCUT2D eigenvalue weighted by Crippen LogP contribution is 2.08. The van der Waals surface area contributed by atoms with Crippen LogP contribution in [0, 0.1) is 0 Å². The number of carbonyl (C=O) groups is 2. The molecule has 1 N–H and O–H groups in total. The minimum atomic E-state index is -0.713. The highest BCUT2D eigenvalue weighted by atomic mass is 16.5. The Bertz CT molecular complexity index is 292. The topological polar surface area (TPSA) is 67.9 Å². The zero-order valence-corrected chi connectivity index (χ0v) is 12.6. The van der Waals surface area contributed by atoms with Crippen molar-refractivity contribution in [3.8, 4) is 0 Å². The molecule has 112 valence electrons. The van der Waals surface area contributed by atoms with Crippen LogP contribution in [0.5, 0.6) is 0 Å². The molecule has 0 aromatic heterocycles. The number of amides is 1. The number of nitrogens with one attached hydrogen (secondary N) is 1. The summed E-state index contributed by atoms with van der Waals surface area (Å²) in [5, 5.41) is 3.10. The summed E-state index contributed by atoms with van der Waals surface area (Å²) in [6.45, 7) is 8.94. The van der Waals surface area contributed by atoms with E-state index in [0.717, 1.165) is 0 Å². The van der Waals surface area contributed by atoms with Crippen LogP contribution in [0.25, 0.3) is 0 Å². The van der Waals surface area contributed by atoms with Crippen molar-refractivity contribution in [1.82, 2.24) is 10.2 Å². The Morgan fingerprint density at radius 2 is 1.89 bits per heavy atom. The lowest BCUT2D eigenvalue weighted by molar-refractivity contribution is -0.151.